The minimum absolute atomic E-state index is 0.0220. The summed E-state index contributed by atoms with van der Waals surface area (Å²) in [6, 6.07) is 7.36. The molecule has 1 saturated carbocycles. The third kappa shape index (κ3) is 2.71. The number of aromatic nitrogens is 3. The van der Waals surface area contributed by atoms with Gasteiger partial charge in [-0.15, -0.1) is 11.3 Å². The van der Waals surface area contributed by atoms with Crippen molar-refractivity contribution in [2.45, 2.75) is 32.4 Å². The van der Waals surface area contributed by atoms with Gasteiger partial charge in [0.2, 0.25) is 5.91 Å². The number of fused-ring (bicyclic) bond motifs is 1. The van der Waals surface area contributed by atoms with Crippen LogP contribution in [0.1, 0.15) is 18.5 Å². The van der Waals surface area contributed by atoms with Crippen LogP contribution >= 0.6 is 11.3 Å². The summed E-state index contributed by atoms with van der Waals surface area (Å²) in [4.78, 5) is 35.8. The van der Waals surface area contributed by atoms with Gasteiger partial charge in [-0.3, -0.25) is 19.1 Å². The first kappa shape index (κ1) is 15.0. The van der Waals surface area contributed by atoms with Gasteiger partial charge in [-0.25, -0.2) is 9.97 Å². The number of anilines is 1. The molecule has 0 bridgehead atoms. The maximum absolute atomic E-state index is 12.8. The molecule has 1 aliphatic rings. The monoisotopic (exact) mass is 340 g/mol. The molecule has 6 nitrogen and oxygen atoms in total. The van der Waals surface area contributed by atoms with Crippen LogP contribution in [0.25, 0.3) is 10.9 Å². The standard InChI is InChI=1S/C17H16N4O2S/c1-11-9-24-17(19-11)21(12-6-7-12)15(22)8-20-10-18-14-5-3-2-4-13(14)16(20)23/h2-5,9-10,12H,6-8H2,1H3. The van der Waals surface area contributed by atoms with Crippen molar-refractivity contribution in [3.8, 4) is 0 Å². The Kier molecular flexibility index (Phi) is 3.65. The summed E-state index contributed by atoms with van der Waals surface area (Å²) in [7, 11) is 0. The van der Waals surface area contributed by atoms with Crippen molar-refractivity contribution in [1.29, 1.82) is 0 Å². The number of nitrogens with zero attached hydrogens (tertiary/aromatic N) is 4. The molecule has 1 aromatic carbocycles. The number of carbonyl (C=O) groups is 1. The van der Waals surface area contributed by atoms with E-state index >= 15 is 0 Å². The quantitative estimate of drug-likeness (QED) is 0.731. The molecule has 24 heavy (non-hydrogen) atoms. The predicted molar refractivity (Wildman–Crippen MR) is 93.4 cm³/mol. The van der Waals surface area contributed by atoms with Crippen molar-refractivity contribution in [3.05, 3.63) is 52.0 Å². The van der Waals surface area contributed by atoms with E-state index in [1.807, 2.05) is 18.4 Å². The first-order chi connectivity index (χ1) is 11.6. The average molecular weight is 340 g/mol. The van der Waals surface area contributed by atoms with Crippen molar-refractivity contribution in [2.24, 2.45) is 0 Å². The van der Waals surface area contributed by atoms with Crippen LogP contribution in [-0.4, -0.2) is 26.5 Å². The van der Waals surface area contributed by atoms with Gasteiger partial charge >= 0.3 is 0 Å². The highest BCUT2D eigenvalue weighted by atomic mass is 32.1. The average Bonchev–Trinajstić information content (AvgIpc) is 3.32. The van der Waals surface area contributed by atoms with Gasteiger partial charge in [-0.1, -0.05) is 12.1 Å². The van der Waals surface area contributed by atoms with E-state index in [0.717, 1.165) is 18.5 Å². The SMILES string of the molecule is Cc1csc(N(C(=O)Cn2cnc3ccccc3c2=O)C2CC2)n1. The number of carbonyl (C=O) groups excluding carboxylic acids is 1. The molecule has 4 rings (SSSR count). The lowest BCUT2D eigenvalue weighted by molar-refractivity contribution is -0.119. The van der Waals surface area contributed by atoms with E-state index < -0.39 is 0 Å². The highest BCUT2D eigenvalue weighted by Gasteiger charge is 2.35. The molecule has 1 fully saturated rings. The van der Waals surface area contributed by atoms with E-state index in [0.29, 0.717) is 16.0 Å². The predicted octanol–water partition coefficient (Wildman–Crippen LogP) is 2.36. The summed E-state index contributed by atoms with van der Waals surface area (Å²) in [5, 5.41) is 3.17. The van der Waals surface area contributed by atoms with Crippen LogP contribution < -0.4 is 10.5 Å². The second kappa shape index (κ2) is 5.83. The molecule has 0 aliphatic heterocycles. The molecule has 1 amide bonds. The fraction of sp³-hybridized carbons (Fsp3) is 0.294. The lowest BCUT2D eigenvalue weighted by Gasteiger charge is -2.19. The van der Waals surface area contributed by atoms with Crippen molar-refractivity contribution < 1.29 is 4.79 Å². The van der Waals surface area contributed by atoms with Crippen LogP contribution in [-0.2, 0) is 11.3 Å². The zero-order chi connectivity index (χ0) is 16.7. The van der Waals surface area contributed by atoms with E-state index in [1.165, 1.54) is 22.2 Å². The van der Waals surface area contributed by atoms with Gasteiger partial charge in [-0.05, 0) is 31.9 Å². The Morgan fingerprint density at radius 2 is 2.17 bits per heavy atom. The second-order valence-corrected chi connectivity index (χ2v) is 6.80. The number of hydrogen-bond acceptors (Lipinski definition) is 5. The Balaban J connectivity index is 1.65. The Labute approximate surface area is 142 Å². The molecule has 0 N–H and O–H groups in total. The van der Waals surface area contributed by atoms with E-state index in [9.17, 15) is 9.59 Å². The zero-order valence-electron chi connectivity index (χ0n) is 13.2. The number of amides is 1. The van der Waals surface area contributed by atoms with Crippen LogP contribution in [0.4, 0.5) is 5.13 Å². The van der Waals surface area contributed by atoms with E-state index in [-0.39, 0.29) is 24.1 Å². The first-order valence-corrected chi connectivity index (χ1v) is 8.70. The van der Waals surface area contributed by atoms with Crippen LogP contribution in [0.5, 0.6) is 0 Å². The Bertz CT molecular complexity index is 974. The van der Waals surface area contributed by atoms with Crippen LogP contribution in [0.3, 0.4) is 0 Å². The van der Waals surface area contributed by atoms with Crippen LogP contribution in [0.15, 0.2) is 40.8 Å². The Hall–Kier alpha value is -2.54. The summed E-state index contributed by atoms with van der Waals surface area (Å²) < 4.78 is 1.38. The molecule has 0 atom stereocenters. The number of aryl methyl sites for hydroxylation is 1. The molecule has 0 saturated heterocycles. The van der Waals surface area contributed by atoms with Gasteiger partial charge in [0.15, 0.2) is 5.13 Å². The summed E-state index contributed by atoms with van der Waals surface area (Å²) in [5.41, 5.74) is 1.35. The molecule has 0 radical (unpaired) electrons. The van der Waals surface area contributed by atoms with Crippen molar-refractivity contribution >= 4 is 33.3 Å². The van der Waals surface area contributed by atoms with Gasteiger partial charge in [0, 0.05) is 11.4 Å². The van der Waals surface area contributed by atoms with Gasteiger partial charge in [0.25, 0.3) is 5.56 Å². The van der Waals surface area contributed by atoms with Crippen molar-refractivity contribution in [2.75, 3.05) is 4.90 Å². The van der Waals surface area contributed by atoms with Gasteiger partial charge in [-0.2, -0.15) is 0 Å². The summed E-state index contributed by atoms with van der Waals surface area (Å²) in [5.74, 6) is -0.119. The number of para-hydroxylation sites is 1. The molecule has 1 aliphatic carbocycles. The molecule has 2 aromatic heterocycles. The largest absolute Gasteiger partial charge is 0.289 e. The number of rotatable bonds is 4. The van der Waals surface area contributed by atoms with Gasteiger partial charge < -0.3 is 0 Å². The molecule has 0 spiro atoms. The highest BCUT2D eigenvalue weighted by Crippen LogP contribution is 2.33. The van der Waals surface area contributed by atoms with E-state index in [4.69, 9.17) is 0 Å². The normalized spacial score (nSPS) is 14.0. The molecule has 7 heteroatoms. The zero-order valence-corrected chi connectivity index (χ0v) is 14.0. The summed E-state index contributed by atoms with van der Waals surface area (Å²) in [6.07, 6.45) is 3.41. The van der Waals surface area contributed by atoms with Crippen LogP contribution in [0, 0.1) is 6.92 Å². The molecule has 3 aromatic rings. The van der Waals surface area contributed by atoms with Gasteiger partial charge in [0.05, 0.1) is 22.9 Å². The fourth-order valence-electron chi connectivity index (χ4n) is 2.69. The second-order valence-electron chi connectivity index (χ2n) is 5.96. The third-order valence-electron chi connectivity index (χ3n) is 4.03. The van der Waals surface area contributed by atoms with Crippen molar-refractivity contribution in [1.82, 2.24) is 14.5 Å². The smallest absolute Gasteiger partial charge is 0.261 e. The summed E-state index contributed by atoms with van der Waals surface area (Å²) in [6.45, 7) is 1.89. The molecular formula is C17H16N4O2S. The van der Waals surface area contributed by atoms with E-state index in [2.05, 4.69) is 9.97 Å². The molecule has 0 unspecified atom stereocenters. The Morgan fingerprint density at radius 1 is 1.38 bits per heavy atom. The lowest BCUT2D eigenvalue weighted by atomic mass is 10.2. The maximum atomic E-state index is 12.8. The fourth-order valence-corrected chi connectivity index (χ4v) is 3.58. The minimum atomic E-state index is -0.194. The Morgan fingerprint density at radius 3 is 2.88 bits per heavy atom. The number of thiazole rings is 1. The topological polar surface area (TPSA) is 68.1 Å². The molecule has 122 valence electrons. The van der Waals surface area contributed by atoms with E-state index in [1.54, 1.807) is 23.1 Å². The number of hydrogen-bond donors (Lipinski definition) is 0. The molecule has 2 heterocycles. The number of benzene rings is 1. The third-order valence-corrected chi connectivity index (χ3v) is 4.99. The van der Waals surface area contributed by atoms with Crippen molar-refractivity contribution in [3.63, 3.8) is 0 Å². The van der Waals surface area contributed by atoms with Gasteiger partial charge in [0.1, 0.15) is 6.54 Å². The van der Waals surface area contributed by atoms with Crippen LogP contribution in [0.2, 0.25) is 0 Å². The molecular weight excluding hydrogens is 324 g/mol. The minimum Gasteiger partial charge on any atom is -0.289 e. The summed E-state index contributed by atoms with van der Waals surface area (Å²) >= 11 is 1.46. The lowest BCUT2D eigenvalue weighted by Crippen LogP contribution is -2.38. The maximum Gasteiger partial charge on any atom is 0.261 e. The highest BCUT2D eigenvalue weighted by molar-refractivity contribution is 7.14. The first-order valence-electron chi connectivity index (χ1n) is 7.82.